The van der Waals surface area contributed by atoms with Gasteiger partial charge in [0.05, 0.1) is 12.8 Å². The molecule has 0 bridgehead atoms. The third-order valence-corrected chi connectivity index (χ3v) is 3.82. The summed E-state index contributed by atoms with van der Waals surface area (Å²) in [5.41, 5.74) is 6.99. The average molecular weight is 291 g/mol. The molecule has 0 unspecified atom stereocenters. The number of amides is 1. The molecule has 5 nitrogen and oxygen atoms in total. The Bertz CT molecular complexity index is 471. The fourth-order valence-electron chi connectivity index (χ4n) is 2.68. The van der Waals surface area contributed by atoms with Crippen molar-refractivity contribution in [2.45, 2.75) is 32.1 Å². The Hall–Kier alpha value is -1.75. The average Bonchev–Trinajstić information content (AvgIpc) is 2.48. The van der Waals surface area contributed by atoms with Crippen molar-refractivity contribution in [2.75, 3.05) is 37.8 Å². The van der Waals surface area contributed by atoms with Crippen molar-refractivity contribution in [2.24, 2.45) is 0 Å². The number of hydrogen-bond donors (Lipinski definition) is 2. The first-order valence-electron chi connectivity index (χ1n) is 7.65. The molecule has 0 aromatic heterocycles. The fourth-order valence-corrected chi connectivity index (χ4v) is 2.68. The van der Waals surface area contributed by atoms with Crippen LogP contribution in [0.4, 0.5) is 11.4 Å². The molecule has 0 spiro atoms. The lowest BCUT2D eigenvalue weighted by Gasteiger charge is -2.26. The molecule has 1 aromatic rings. The predicted molar refractivity (Wildman–Crippen MR) is 85.6 cm³/mol. The van der Waals surface area contributed by atoms with E-state index in [-0.39, 0.29) is 5.91 Å². The molecular formula is C16H25N3O2. The maximum atomic E-state index is 12.0. The predicted octanol–water partition coefficient (Wildman–Crippen LogP) is 2.48. The summed E-state index contributed by atoms with van der Waals surface area (Å²) in [6.07, 6.45) is 5.32. The van der Waals surface area contributed by atoms with Gasteiger partial charge >= 0.3 is 0 Å². The van der Waals surface area contributed by atoms with Gasteiger partial charge in [-0.2, -0.15) is 0 Å². The number of anilines is 2. The normalized spacial score (nSPS) is 15.7. The monoisotopic (exact) mass is 291 g/mol. The van der Waals surface area contributed by atoms with Crippen molar-refractivity contribution in [3.8, 4) is 5.75 Å². The number of piperidine rings is 1. The lowest BCUT2D eigenvalue weighted by Crippen LogP contribution is -2.31. The molecule has 0 saturated carbocycles. The van der Waals surface area contributed by atoms with Crippen LogP contribution in [0.15, 0.2) is 18.2 Å². The van der Waals surface area contributed by atoms with Crippen molar-refractivity contribution < 1.29 is 9.53 Å². The van der Waals surface area contributed by atoms with Crippen molar-refractivity contribution in [3.05, 3.63) is 18.2 Å². The summed E-state index contributed by atoms with van der Waals surface area (Å²) in [5.74, 6) is 0.643. The lowest BCUT2D eigenvalue weighted by molar-refractivity contribution is -0.116. The molecule has 3 N–H and O–H groups in total. The third kappa shape index (κ3) is 4.93. The van der Waals surface area contributed by atoms with Crippen LogP contribution in [0, 0.1) is 0 Å². The Balaban J connectivity index is 1.77. The molecule has 5 heteroatoms. The summed E-state index contributed by atoms with van der Waals surface area (Å²) in [4.78, 5) is 14.4. The summed E-state index contributed by atoms with van der Waals surface area (Å²) in [6.45, 7) is 3.34. The second-order valence-corrected chi connectivity index (χ2v) is 5.51. The van der Waals surface area contributed by atoms with E-state index < -0.39 is 0 Å². The Kier molecular flexibility index (Phi) is 5.87. The molecule has 1 amide bonds. The smallest absolute Gasteiger partial charge is 0.224 e. The zero-order valence-corrected chi connectivity index (χ0v) is 12.7. The van der Waals surface area contributed by atoms with Crippen LogP contribution in [0.5, 0.6) is 5.75 Å². The van der Waals surface area contributed by atoms with Gasteiger partial charge in [0.1, 0.15) is 5.75 Å². The van der Waals surface area contributed by atoms with Crippen LogP contribution >= 0.6 is 0 Å². The molecule has 2 rings (SSSR count). The highest BCUT2D eigenvalue weighted by Gasteiger charge is 2.11. The van der Waals surface area contributed by atoms with Crippen LogP contribution in [-0.2, 0) is 4.79 Å². The van der Waals surface area contributed by atoms with E-state index in [2.05, 4.69) is 10.2 Å². The SMILES string of the molecule is COc1ccc(N)cc1NC(=O)CCCN1CCCCC1. The summed E-state index contributed by atoms with van der Waals surface area (Å²) >= 11 is 0. The quantitative estimate of drug-likeness (QED) is 0.790. The van der Waals surface area contributed by atoms with E-state index in [4.69, 9.17) is 10.5 Å². The third-order valence-electron chi connectivity index (χ3n) is 3.82. The number of methoxy groups -OCH3 is 1. The molecule has 1 saturated heterocycles. The molecule has 1 aliphatic heterocycles. The summed E-state index contributed by atoms with van der Waals surface area (Å²) < 4.78 is 5.22. The minimum atomic E-state index is 0.0101. The maximum Gasteiger partial charge on any atom is 0.224 e. The van der Waals surface area contributed by atoms with Gasteiger partial charge in [-0.15, -0.1) is 0 Å². The van der Waals surface area contributed by atoms with Crippen LogP contribution in [-0.4, -0.2) is 37.6 Å². The number of ether oxygens (including phenoxy) is 1. The Morgan fingerprint density at radius 3 is 2.81 bits per heavy atom. The van der Waals surface area contributed by atoms with Gasteiger partial charge in [0, 0.05) is 12.1 Å². The van der Waals surface area contributed by atoms with E-state index >= 15 is 0 Å². The van der Waals surface area contributed by atoms with Crippen molar-refractivity contribution in [3.63, 3.8) is 0 Å². The number of carbonyl (C=O) groups is 1. The van der Waals surface area contributed by atoms with Gasteiger partial charge in [-0.05, 0) is 57.1 Å². The topological polar surface area (TPSA) is 67.6 Å². The molecular weight excluding hydrogens is 266 g/mol. The highest BCUT2D eigenvalue weighted by molar-refractivity contribution is 5.92. The van der Waals surface area contributed by atoms with E-state index in [1.54, 1.807) is 25.3 Å². The molecule has 116 valence electrons. The Labute approximate surface area is 126 Å². The van der Waals surface area contributed by atoms with E-state index in [1.165, 1.54) is 32.4 Å². The number of carbonyl (C=O) groups excluding carboxylic acids is 1. The number of nitrogens with two attached hydrogens (primary N) is 1. The highest BCUT2D eigenvalue weighted by atomic mass is 16.5. The van der Waals surface area contributed by atoms with Crippen LogP contribution in [0.1, 0.15) is 32.1 Å². The van der Waals surface area contributed by atoms with Gasteiger partial charge in [-0.1, -0.05) is 6.42 Å². The van der Waals surface area contributed by atoms with Crippen LogP contribution in [0.25, 0.3) is 0 Å². The zero-order valence-electron chi connectivity index (χ0n) is 12.7. The second-order valence-electron chi connectivity index (χ2n) is 5.51. The summed E-state index contributed by atoms with van der Waals surface area (Å²) in [5, 5.41) is 2.88. The molecule has 0 atom stereocenters. The van der Waals surface area contributed by atoms with Crippen molar-refractivity contribution >= 4 is 17.3 Å². The lowest BCUT2D eigenvalue weighted by atomic mass is 10.1. The van der Waals surface area contributed by atoms with E-state index in [0.717, 1.165) is 13.0 Å². The van der Waals surface area contributed by atoms with E-state index in [1.807, 2.05) is 0 Å². The van der Waals surface area contributed by atoms with Gasteiger partial charge in [0.15, 0.2) is 0 Å². The van der Waals surface area contributed by atoms with Crippen molar-refractivity contribution in [1.82, 2.24) is 4.90 Å². The summed E-state index contributed by atoms with van der Waals surface area (Å²) in [7, 11) is 1.58. The van der Waals surface area contributed by atoms with Crippen LogP contribution in [0.2, 0.25) is 0 Å². The second kappa shape index (κ2) is 7.88. The Morgan fingerprint density at radius 1 is 1.33 bits per heavy atom. The molecule has 0 radical (unpaired) electrons. The first-order valence-corrected chi connectivity index (χ1v) is 7.65. The molecule has 1 aromatic carbocycles. The number of hydrogen-bond acceptors (Lipinski definition) is 4. The largest absolute Gasteiger partial charge is 0.495 e. The van der Waals surface area contributed by atoms with Crippen LogP contribution in [0.3, 0.4) is 0 Å². The van der Waals surface area contributed by atoms with E-state index in [0.29, 0.717) is 23.5 Å². The highest BCUT2D eigenvalue weighted by Crippen LogP contribution is 2.26. The van der Waals surface area contributed by atoms with Gasteiger partial charge in [0.25, 0.3) is 0 Å². The van der Waals surface area contributed by atoms with Crippen LogP contribution < -0.4 is 15.8 Å². The number of nitrogens with one attached hydrogen (secondary N) is 1. The molecule has 1 heterocycles. The minimum Gasteiger partial charge on any atom is -0.495 e. The number of nitrogens with zero attached hydrogens (tertiary/aromatic N) is 1. The van der Waals surface area contributed by atoms with Gasteiger partial charge < -0.3 is 20.7 Å². The number of nitrogen functional groups attached to an aromatic ring is 1. The number of likely N-dealkylation sites (tertiary alicyclic amines) is 1. The molecule has 0 aliphatic carbocycles. The summed E-state index contributed by atoms with van der Waals surface area (Å²) in [6, 6.07) is 5.24. The van der Waals surface area contributed by atoms with Gasteiger partial charge in [-0.25, -0.2) is 0 Å². The van der Waals surface area contributed by atoms with E-state index in [9.17, 15) is 4.79 Å². The van der Waals surface area contributed by atoms with Crippen molar-refractivity contribution in [1.29, 1.82) is 0 Å². The zero-order chi connectivity index (χ0) is 15.1. The number of benzene rings is 1. The molecule has 1 aliphatic rings. The number of rotatable bonds is 6. The first-order chi connectivity index (χ1) is 10.2. The van der Waals surface area contributed by atoms with Gasteiger partial charge in [-0.3, -0.25) is 4.79 Å². The Morgan fingerprint density at radius 2 is 2.10 bits per heavy atom. The minimum absolute atomic E-state index is 0.0101. The first kappa shape index (κ1) is 15.6. The maximum absolute atomic E-state index is 12.0. The fraction of sp³-hybridized carbons (Fsp3) is 0.562. The molecule has 21 heavy (non-hydrogen) atoms. The standard InChI is InChI=1S/C16H25N3O2/c1-21-15-8-7-13(17)12-14(15)18-16(20)6-5-11-19-9-3-2-4-10-19/h7-8,12H,2-6,9-11,17H2,1H3,(H,18,20). The molecule has 1 fully saturated rings. The van der Waals surface area contributed by atoms with Gasteiger partial charge in [0.2, 0.25) is 5.91 Å².